The number of oxazole rings is 1. The smallest absolute Gasteiger partial charge is 0.232 e. The monoisotopic (exact) mass is 411 g/mol. The topological polar surface area (TPSA) is 75.4 Å². The van der Waals surface area contributed by atoms with Gasteiger partial charge in [-0.1, -0.05) is 25.4 Å². The van der Waals surface area contributed by atoms with Gasteiger partial charge in [0.2, 0.25) is 11.8 Å². The first-order chi connectivity index (χ1) is 12.9. The van der Waals surface area contributed by atoms with Crippen LogP contribution in [0.2, 0.25) is 5.02 Å². The molecular formula is C19H26ClN3O3S. The van der Waals surface area contributed by atoms with Gasteiger partial charge in [0.15, 0.2) is 0 Å². The van der Waals surface area contributed by atoms with E-state index in [0.29, 0.717) is 28.9 Å². The van der Waals surface area contributed by atoms with Gasteiger partial charge in [0.1, 0.15) is 11.5 Å². The first-order valence-electron chi connectivity index (χ1n) is 8.99. The minimum Gasteiger partial charge on any atom is -0.441 e. The molecule has 6 nitrogen and oxygen atoms in total. The van der Waals surface area contributed by atoms with E-state index in [0.717, 1.165) is 25.2 Å². The van der Waals surface area contributed by atoms with E-state index in [1.54, 1.807) is 19.1 Å². The number of halogens is 1. The van der Waals surface area contributed by atoms with Crippen LogP contribution in [0.4, 0.5) is 0 Å². The maximum absolute atomic E-state index is 12.3. The zero-order valence-electron chi connectivity index (χ0n) is 16.0. The molecule has 8 heteroatoms. The SMILES string of the molecule is CCN(CC)CCNC(=O)C[S@@](=O)Cc1nc(-c2ccc(Cl)cc2)oc1C. The average molecular weight is 412 g/mol. The fraction of sp³-hybridized carbons (Fsp3) is 0.474. The van der Waals surface area contributed by atoms with Gasteiger partial charge in [0.05, 0.1) is 11.4 Å². The number of hydrogen-bond donors (Lipinski definition) is 1. The highest BCUT2D eigenvalue weighted by Crippen LogP contribution is 2.24. The molecule has 0 spiro atoms. The molecule has 1 amide bonds. The maximum Gasteiger partial charge on any atom is 0.232 e. The normalized spacial score (nSPS) is 12.3. The Balaban J connectivity index is 1.86. The Morgan fingerprint density at radius 1 is 1.26 bits per heavy atom. The Morgan fingerprint density at radius 2 is 1.93 bits per heavy atom. The number of likely N-dealkylation sites (N-methyl/N-ethyl adjacent to an activating group) is 1. The molecule has 0 saturated carbocycles. The zero-order valence-corrected chi connectivity index (χ0v) is 17.5. The third-order valence-electron chi connectivity index (χ3n) is 4.22. The highest BCUT2D eigenvalue weighted by molar-refractivity contribution is 7.84. The van der Waals surface area contributed by atoms with Crippen molar-refractivity contribution in [1.82, 2.24) is 15.2 Å². The number of aromatic nitrogens is 1. The summed E-state index contributed by atoms with van der Waals surface area (Å²) in [5, 5.41) is 3.45. The summed E-state index contributed by atoms with van der Waals surface area (Å²) in [4.78, 5) is 18.6. The van der Waals surface area contributed by atoms with E-state index < -0.39 is 10.8 Å². The third kappa shape index (κ3) is 6.75. The van der Waals surface area contributed by atoms with Crippen molar-refractivity contribution in [3.63, 3.8) is 0 Å². The van der Waals surface area contributed by atoms with Crippen LogP contribution in [0.1, 0.15) is 25.3 Å². The van der Waals surface area contributed by atoms with Crippen molar-refractivity contribution in [1.29, 1.82) is 0 Å². The van der Waals surface area contributed by atoms with Crippen LogP contribution >= 0.6 is 11.6 Å². The summed E-state index contributed by atoms with van der Waals surface area (Å²) in [6.45, 7) is 9.18. The van der Waals surface area contributed by atoms with Crippen molar-refractivity contribution < 1.29 is 13.4 Å². The number of amides is 1. The second-order valence-electron chi connectivity index (χ2n) is 6.13. The Hall–Kier alpha value is -1.70. The molecule has 27 heavy (non-hydrogen) atoms. The van der Waals surface area contributed by atoms with Crippen LogP contribution in [0.25, 0.3) is 11.5 Å². The minimum atomic E-state index is -1.35. The number of rotatable bonds is 10. The number of nitrogens with zero attached hydrogens (tertiary/aromatic N) is 2. The zero-order chi connectivity index (χ0) is 19.8. The largest absolute Gasteiger partial charge is 0.441 e. The lowest BCUT2D eigenvalue weighted by Gasteiger charge is -2.17. The van der Waals surface area contributed by atoms with E-state index in [2.05, 4.69) is 29.0 Å². The summed E-state index contributed by atoms with van der Waals surface area (Å²) in [7, 11) is -1.35. The van der Waals surface area contributed by atoms with Crippen molar-refractivity contribution in [2.24, 2.45) is 0 Å². The van der Waals surface area contributed by atoms with Gasteiger partial charge in [-0.3, -0.25) is 9.00 Å². The third-order valence-corrected chi connectivity index (χ3v) is 5.65. The van der Waals surface area contributed by atoms with Gasteiger partial charge in [-0.2, -0.15) is 0 Å². The lowest BCUT2D eigenvalue weighted by molar-refractivity contribution is -0.118. The summed E-state index contributed by atoms with van der Waals surface area (Å²) in [5.74, 6) is 1.00. The van der Waals surface area contributed by atoms with Crippen molar-refractivity contribution in [3.8, 4) is 11.5 Å². The number of benzene rings is 1. The molecule has 0 unspecified atom stereocenters. The summed E-state index contributed by atoms with van der Waals surface area (Å²) in [5.41, 5.74) is 1.41. The van der Waals surface area contributed by atoms with Crippen molar-refractivity contribution in [2.45, 2.75) is 26.5 Å². The molecule has 0 radical (unpaired) electrons. The second kappa shape index (κ2) is 10.6. The van der Waals surface area contributed by atoms with Crippen LogP contribution in [0.5, 0.6) is 0 Å². The van der Waals surface area contributed by atoms with Crippen LogP contribution in [0.15, 0.2) is 28.7 Å². The molecule has 0 aliphatic heterocycles. The fourth-order valence-corrected chi connectivity index (χ4v) is 3.77. The standard InChI is InChI=1S/C19H26ClN3O3S/c1-4-23(5-2)11-10-21-18(24)13-27(25)12-17-14(3)26-19(22-17)15-6-8-16(20)9-7-15/h6-9H,4-5,10-13H2,1-3H3,(H,21,24)/t27-/m0/s1. The first-order valence-corrected chi connectivity index (χ1v) is 10.9. The maximum atomic E-state index is 12.3. The van der Waals surface area contributed by atoms with E-state index in [1.165, 1.54) is 0 Å². The number of aryl methyl sites for hydroxylation is 1. The van der Waals surface area contributed by atoms with Gasteiger partial charge in [-0.05, 0) is 44.3 Å². The molecule has 0 saturated heterocycles. The Morgan fingerprint density at radius 3 is 2.56 bits per heavy atom. The lowest BCUT2D eigenvalue weighted by Crippen LogP contribution is -2.36. The van der Waals surface area contributed by atoms with Crippen molar-refractivity contribution >= 4 is 28.3 Å². The number of carbonyl (C=O) groups is 1. The summed E-state index contributed by atoms with van der Waals surface area (Å²) in [6.07, 6.45) is 0. The molecule has 0 fully saturated rings. The van der Waals surface area contributed by atoms with E-state index in [-0.39, 0.29) is 17.4 Å². The first kappa shape index (κ1) is 21.6. The van der Waals surface area contributed by atoms with Crippen LogP contribution in [0.3, 0.4) is 0 Å². The molecule has 1 aromatic carbocycles. The van der Waals surface area contributed by atoms with Crippen LogP contribution in [0, 0.1) is 6.92 Å². The van der Waals surface area contributed by atoms with Gasteiger partial charge >= 0.3 is 0 Å². The Bertz CT molecular complexity index is 773. The number of hydrogen-bond acceptors (Lipinski definition) is 5. The second-order valence-corrected chi connectivity index (χ2v) is 8.03. The lowest BCUT2D eigenvalue weighted by atomic mass is 10.2. The fourth-order valence-electron chi connectivity index (χ4n) is 2.57. The molecule has 1 atom stereocenters. The summed E-state index contributed by atoms with van der Waals surface area (Å²) < 4.78 is 18.0. The van der Waals surface area contributed by atoms with Crippen LogP contribution < -0.4 is 5.32 Å². The van der Waals surface area contributed by atoms with Crippen molar-refractivity contribution in [3.05, 3.63) is 40.7 Å². The average Bonchev–Trinajstić information content (AvgIpc) is 2.99. The van der Waals surface area contributed by atoms with Gasteiger partial charge in [0.25, 0.3) is 0 Å². The van der Waals surface area contributed by atoms with Gasteiger partial charge in [-0.25, -0.2) is 4.98 Å². The molecule has 148 valence electrons. The molecule has 0 bridgehead atoms. The highest BCUT2D eigenvalue weighted by atomic mass is 35.5. The molecule has 2 rings (SSSR count). The van der Waals surface area contributed by atoms with Gasteiger partial charge in [0, 0.05) is 34.5 Å². The molecule has 0 aliphatic carbocycles. The number of nitrogens with one attached hydrogen (secondary N) is 1. The van der Waals surface area contributed by atoms with E-state index in [1.807, 2.05) is 12.1 Å². The molecule has 1 heterocycles. The molecule has 1 N–H and O–H groups in total. The predicted molar refractivity (Wildman–Crippen MR) is 109 cm³/mol. The van der Waals surface area contributed by atoms with Crippen molar-refractivity contribution in [2.75, 3.05) is 31.9 Å². The molecule has 1 aromatic heterocycles. The number of carbonyl (C=O) groups excluding carboxylic acids is 1. The minimum absolute atomic E-state index is 0.0408. The van der Waals surface area contributed by atoms with Gasteiger partial charge < -0.3 is 14.6 Å². The van der Waals surface area contributed by atoms with E-state index in [4.69, 9.17) is 16.0 Å². The Labute approximate surface area is 167 Å². The predicted octanol–water partition coefficient (Wildman–Crippen LogP) is 3.01. The molecule has 0 aliphatic rings. The summed E-state index contributed by atoms with van der Waals surface area (Å²) in [6, 6.07) is 7.16. The molecular weight excluding hydrogens is 386 g/mol. The van der Waals surface area contributed by atoms with E-state index in [9.17, 15) is 9.00 Å². The molecule has 2 aromatic rings. The van der Waals surface area contributed by atoms with Gasteiger partial charge in [-0.15, -0.1) is 0 Å². The quantitative estimate of drug-likeness (QED) is 0.650. The van der Waals surface area contributed by atoms with Crippen LogP contribution in [-0.2, 0) is 21.3 Å². The Kier molecular flexibility index (Phi) is 8.47. The summed E-state index contributed by atoms with van der Waals surface area (Å²) >= 11 is 5.89. The highest BCUT2D eigenvalue weighted by Gasteiger charge is 2.16. The van der Waals surface area contributed by atoms with Crippen LogP contribution in [-0.4, -0.2) is 51.9 Å². The van der Waals surface area contributed by atoms with E-state index >= 15 is 0 Å².